The minimum atomic E-state index is -0.522. The second kappa shape index (κ2) is 13.7. The topological polar surface area (TPSA) is 133 Å². The molecular weight excluding hydrogens is 622 g/mol. The highest BCUT2D eigenvalue weighted by atomic mass is 35.5. The maximum Gasteiger partial charge on any atom is 0.263 e. The summed E-state index contributed by atoms with van der Waals surface area (Å²) in [6.07, 6.45) is 5.32. The Kier molecular flexibility index (Phi) is 10.4. The number of anilines is 2. The van der Waals surface area contributed by atoms with Crippen LogP contribution >= 0.6 is 11.6 Å². The van der Waals surface area contributed by atoms with E-state index >= 15 is 0 Å². The van der Waals surface area contributed by atoms with Crippen molar-refractivity contribution in [3.63, 3.8) is 0 Å². The lowest BCUT2D eigenvalue weighted by Crippen LogP contribution is -2.46. The maximum absolute atomic E-state index is 13.9. The second-order valence-electron chi connectivity index (χ2n) is 13.8. The number of ether oxygens (including phenoxy) is 2. The van der Waals surface area contributed by atoms with Crippen LogP contribution in [0.2, 0.25) is 5.02 Å². The number of fused-ring (bicyclic) bond motifs is 1. The smallest absolute Gasteiger partial charge is 0.263 e. The molecule has 252 valence electrons. The minimum absolute atomic E-state index is 0.0253. The van der Waals surface area contributed by atoms with Crippen molar-refractivity contribution in [1.82, 2.24) is 24.4 Å². The van der Waals surface area contributed by atoms with E-state index in [9.17, 15) is 14.4 Å². The normalized spacial score (nSPS) is 11.9. The number of methoxy groups -OCH3 is 1. The molecule has 12 nitrogen and oxygen atoms in total. The zero-order chi connectivity index (χ0) is 34.8. The third-order valence-electron chi connectivity index (χ3n) is 7.40. The molecule has 4 aromatic rings. The molecule has 1 aromatic carbocycles. The number of rotatable bonds is 11. The Labute approximate surface area is 280 Å². The summed E-state index contributed by atoms with van der Waals surface area (Å²) < 4.78 is 14.0. The van der Waals surface area contributed by atoms with E-state index in [1.807, 2.05) is 40.9 Å². The Morgan fingerprint density at radius 2 is 1.79 bits per heavy atom. The van der Waals surface area contributed by atoms with Crippen LogP contribution in [0.15, 0.2) is 41.7 Å². The fourth-order valence-electron chi connectivity index (χ4n) is 5.87. The fourth-order valence-corrected chi connectivity index (χ4v) is 6.02. The molecule has 3 heterocycles. The number of benzene rings is 1. The Hall–Kier alpha value is -4.42. The molecule has 0 spiro atoms. The molecule has 0 atom stereocenters. The number of hydrogen-bond acceptors (Lipinski definition) is 8. The lowest BCUT2D eigenvalue weighted by Gasteiger charge is -2.33. The maximum atomic E-state index is 13.9. The van der Waals surface area contributed by atoms with Gasteiger partial charge in [0.25, 0.3) is 11.5 Å². The van der Waals surface area contributed by atoms with E-state index in [0.29, 0.717) is 50.5 Å². The highest BCUT2D eigenvalue weighted by Crippen LogP contribution is 2.35. The summed E-state index contributed by atoms with van der Waals surface area (Å²) >= 11 is 6.33. The molecule has 0 radical (unpaired) electrons. The predicted octanol–water partition coefficient (Wildman–Crippen LogP) is 5.39. The number of amides is 2. The van der Waals surface area contributed by atoms with Gasteiger partial charge in [0.1, 0.15) is 23.8 Å². The van der Waals surface area contributed by atoms with Crippen LogP contribution in [0.4, 0.5) is 11.5 Å². The van der Waals surface area contributed by atoms with Gasteiger partial charge in [-0.3, -0.25) is 14.4 Å². The van der Waals surface area contributed by atoms with Gasteiger partial charge in [-0.05, 0) is 55.9 Å². The van der Waals surface area contributed by atoms with E-state index in [2.05, 4.69) is 41.4 Å². The Balaban J connectivity index is 1.80. The van der Waals surface area contributed by atoms with Crippen LogP contribution in [0.3, 0.4) is 0 Å². The van der Waals surface area contributed by atoms with E-state index in [4.69, 9.17) is 21.1 Å². The van der Waals surface area contributed by atoms with Gasteiger partial charge in [-0.2, -0.15) is 0 Å². The van der Waals surface area contributed by atoms with Crippen molar-refractivity contribution in [2.24, 2.45) is 12.5 Å². The minimum Gasteiger partial charge on any atom is -0.466 e. The second-order valence-corrected chi connectivity index (χ2v) is 14.2. The van der Waals surface area contributed by atoms with Crippen LogP contribution in [0.1, 0.15) is 57.0 Å². The van der Waals surface area contributed by atoms with Gasteiger partial charge in [-0.15, -0.1) is 0 Å². The highest BCUT2D eigenvalue weighted by molar-refractivity contribution is 6.33. The summed E-state index contributed by atoms with van der Waals surface area (Å²) in [5.74, 6) is 0.295. The van der Waals surface area contributed by atoms with Gasteiger partial charge in [0.2, 0.25) is 5.91 Å². The van der Waals surface area contributed by atoms with Crippen molar-refractivity contribution >= 4 is 46.0 Å². The molecule has 0 saturated heterocycles. The predicted molar refractivity (Wildman–Crippen MR) is 185 cm³/mol. The molecule has 4 rings (SSSR count). The summed E-state index contributed by atoms with van der Waals surface area (Å²) in [5.41, 5.74) is 1.95. The van der Waals surface area contributed by atoms with Gasteiger partial charge >= 0.3 is 0 Å². The van der Waals surface area contributed by atoms with Gasteiger partial charge in [0.15, 0.2) is 6.79 Å². The van der Waals surface area contributed by atoms with Gasteiger partial charge in [0.05, 0.1) is 34.2 Å². The molecule has 0 saturated carbocycles. The molecule has 47 heavy (non-hydrogen) atoms. The number of hydrogen-bond donors (Lipinski definition) is 2. The standard InChI is InChI=1S/C34H44ClN7O5/c1-20-11-21(12-22(29(20)47-19-46-10)31(44)39-34(5,6)17-33(2,3)4)23-15-42(30-28(23)32(45)41(9)18-37-30)16-27(43)38-25-13-26(40(7)8)36-14-24(25)35/h11-15,18H,16-17,19H2,1-10H3,(H,39,44)(H,36,38,43). The quantitative estimate of drug-likeness (QED) is 0.204. The number of aromatic nitrogens is 4. The Morgan fingerprint density at radius 1 is 1.09 bits per heavy atom. The van der Waals surface area contributed by atoms with Crippen molar-refractivity contribution in [2.45, 2.75) is 60.0 Å². The Bertz CT molecular complexity index is 1870. The number of nitrogens with zero attached hydrogens (tertiary/aromatic N) is 5. The fraction of sp³-hybridized carbons (Fsp3) is 0.441. The molecular formula is C34H44ClN7O5. The number of nitrogens with one attached hydrogen (secondary N) is 2. The van der Waals surface area contributed by atoms with E-state index in [0.717, 1.165) is 6.42 Å². The summed E-state index contributed by atoms with van der Waals surface area (Å²) in [7, 11) is 6.79. The van der Waals surface area contributed by atoms with Gasteiger partial charge in [-0.1, -0.05) is 32.4 Å². The number of halogens is 1. The van der Waals surface area contributed by atoms with Crippen molar-refractivity contribution in [3.05, 3.63) is 63.4 Å². The molecule has 0 bridgehead atoms. The van der Waals surface area contributed by atoms with E-state index in [1.165, 1.54) is 24.2 Å². The summed E-state index contributed by atoms with van der Waals surface area (Å²) in [6.45, 7) is 11.9. The highest BCUT2D eigenvalue weighted by Gasteiger charge is 2.29. The van der Waals surface area contributed by atoms with E-state index < -0.39 is 5.54 Å². The van der Waals surface area contributed by atoms with Crippen molar-refractivity contribution in [2.75, 3.05) is 38.2 Å². The van der Waals surface area contributed by atoms with Crippen molar-refractivity contribution < 1.29 is 19.1 Å². The number of aryl methyl sites for hydroxylation is 2. The van der Waals surface area contributed by atoms with Crippen LogP contribution in [-0.2, 0) is 23.1 Å². The molecule has 2 amide bonds. The molecule has 0 unspecified atom stereocenters. The monoisotopic (exact) mass is 665 g/mol. The average molecular weight is 666 g/mol. The van der Waals surface area contributed by atoms with Crippen molar-refractivity contribution in [1.29, 1.82) is 0 Å². The van der Waals surface area contributed by atoms with E-state index in [-0.39, 0.29) is 41.1 Å². The lowest BCUT2D eigenvalue weighted by atomic mass is 9.81. The molecule has 0 aliphatic heterocycles. The molecule has 13 heteroatoms. The van der Waals surface area contributed by atoms with E-state index in [1.54, 1.807) is 34.8 Å². The number of carbonyl (C=O) groups excluding carboxylic acids is 2. The van der Waals surface area contributed by atoms with Gasteiger partial charge < -0.3 is 34.1 Å². The largest absolute Gasteiger partial charge is 0.466 e. The third-order valence-corrected chi connectivity index (χ3v) is 7.70. The summed E-state index contributed by atoms with van der Waals surface area (Å²) in [4.78, 5) is 51.3. The van der Waals surface area contributed by atoms with Gasteiger partial charge in [-0.25, -0.2) is 9.97 Å². The third kappa shape index (κ3) is 8.30. The molecule has 2 N–H and O–H groups in total. The van der Waals surface area contributed by atoms with Crippen LogP contribution in [0.5, 0.6) is 5.75 Å². The van der Waals surface area contributed by atoms with Gasteiger partial charge in [0, 0.05) is 51.6 Å². The number of carbonyl (C=O) groups is 2. The molecule has 0 fully saturated rings. The van der Waals surface area contributed by atoms with Crippen LogP contribution in [0.25, 0.3) is 22.2 Å². The zero-order valence-corrected chi connectivity index (χ0v) is 29.5. The molecule has 0 aliphatic carbocycles. The van der Waals surface area contributed by atoms with Crippen LogP contribution in [0, 0.1) is 12.3 Å². The van der Waals surface area contributed by atoms with Crippen molar-refractivity contribution in [3.8, 4) is 16.9 Å². The SMILES string of the molecule is COCOc1c(C)cc(-c2cn(CC(=O)Nc3cc(N(C)C)ncc3Cl)c3ncn(C)c(=O)c23)cc1C(=O)NC(C)(C)CC(C)(C)C. The average Bonchev–Trinajstić information content (AvgIpc) is 3.31. The van der Waals surface area contributed by atoms with Crippen LogP contribution < -0.4 is 25.8 Å². The summed E-state index contributed by atoms with van der Waals surface area (Å²) in [6, 6.07) is 5.22. The molecule has 0 aliphatic rings. The first-order chi connectivity index (χ1) is 21.9. The summed E-state index contributed by atoms with van der Waals surface area (Å²) in [5, 5.41) is 6.60. The lowest BCUT2D eigenvalue weighted by molar-refractivity contribution is -0.116. The number of pyridine rings is 1. The first-order valence-corrected chi connectivity index (χ1v) is 15.5. The first-order valence-electron chi connectivity index (χ1n) is 15.2. The molecule has 3 aromatic heterocycles. The zero-order valence-electron chi connectivity index (χ0n) is 28.7. The first kappa shape index (κ1) is 35.4. The van der Waals surface area contributed by atoms with Crippen LogP contribution in [-0.4, -0.2) is 64.5 Å². The Morgan fingerprint density at radius 3 is 2.43 bits per heavy atom.